The largest absolute Gasteiger partial charge is 0.345 e. The van der Waals surface area contributed by atoms with Crippen LogP contribution in [0.4, 0.5) is 14.9 Å². The molecule has 0 fully saturated rings. The minimum absolute atomic E-state index is 0.244. The molecule has 0 saturated heterocycles. The lowest BCUT2D eigenvalue weighted by Gasteiger charge is -2.12. The summed E-state index contributed by atoms with van der Waals surface area (Å²) in [6.07, 6.45) is 1.95. The Kier molecular flexibility index (Phi) is 5.37. The number of rotatable bonds is 5. The number of aryl methyl sites for hydroxylation is 2. The Hall–Kier alpha value is -3.08. The second-order valence-corrected chi connectivity index (χ2v) is 6.44. The van der Waals surface area contributed by atoms with E-state index in [0.29, 0.717) is 13.1 Å². The van der Waals surface area contributed by atoms with Gasteiger partial charge in [-0.05, 0) is 66.9 Å². The van der Waals surface area contributed by atoms with Crippen molar-refractivity contribution in [3.8, 4) is 0 Å². The van der Waals surface area contributed by atoms with Crippen LogP contribution in [0.1, 0.15) is 22.4 Å². The van der Waals surface area contributed by atoms with Gasteiger partial charge < -0.3 is 15.2 Å². The number of nitrogens with zero attached hydrogens (tertiary/aromatic N) is 1. The van der Waals surface area contributed by atoms with Crippen LogP contribution >= 0.6 is 0 Å². The summed E-state index contributed by atoms with van der Waals surface area (Å²) >= 11 is 0. The Bertz CT molecular complexity index is 880. The number of carbonyl (C=O) groups is 1. The Morgan fingerprint density at radius 1 is 1.04 bits per heavy atom. The highest BCUT2D eigenvalue weighted by molar-refractivity contribution is 5.89. The van der Waals surface area contributed by atoms with E-state index >= 15 is 0 Å². The van der Waals surface area contributed by atoms with Gasteiger partial charge >= 0.3 is 6.03 Å². The molecular weight excluding hydrogens is 329 g/mol. The standard InChI is InChI=1S/C21H22FN3O/c1-15-10-16(2)12-19(11-15)24-21(26)23-13-20-4-3-9-25(20)14-17-5-7-18(22)8-6-17/h3-12H,13-14H2,1-2H3,(H2,23,24,26). The number of amides is 2. The van der Waals surface area contributed by atoms with Gasteiger partial charge in [-0.15, -0.1) is 0 Å². The summed E-state index contributed by atoms with van der Waals surface area (Å²) in [7, 11) is 0. The van der Waals surface area contributed by atoms with Crippen molar-refractivity contribution in [1.29, 1.82) is 0 Å². The first-order valence-corrected chi connectivity index (χ1v) is 8.51. The Balaban J connectivity index is 1.59. The van der Waals surface area contributed by atoms with Gasteiger partial charge in [-0.1, -0.05) is 18.2 Å². The summed E-state index contributed by atoms with van der Waals surface area (Å²) in [5, 5.41) is 5.74. The van der Waals surface area contributed by atoms with Crippen LogP contribution < -0.4 is 10.6 Å². The highest BCUT2D eigenvalue weighted by Gasteiger charge is 2.06. The highest BCUT2D eigenvalue weighted by atomic mass is 19.1. The quantitative estimate of drug-likeness (QED) is 0.692. The molecule has 5 heteroatoms. The van der Waals surface area contributed by atoms with Gasteiger partial charge in [0.2, 0.25) is 0 Å². The fraction of sp³-hybridized carbons (Fsp3) is 0.190. The summed E-state index contributed by atoms with van der Waals surface area (Å²) in [5.74, 6) is -0.244. The molecule has 0 atom stereocenters. The van der Waals surface area contributed by atoms with Crippen molar-refractivity contribution in [3.05, 3.63) is 89.0 Å². The van der Waals surface area contributed by atoms with Gasteiger partial charge in [0.1, 0.15) is 5.82 Å². The van der Waals surface area contributed by atoms with Crippen LogP contribution in [0, 0.1) is 19.7 Å². The van der Waals surface area contributed by atoms with Gasteiger partial charge in [-0.2, -0.15) is 0 Å². The monoisotopic (exact) mass is 351 g/mol. The fourth-order valence-corrected chi connectivity index (χ4v) is 2.94. The molecule has 2 aromatic carbocycles. The molecule has 1 heterocycles. The normalized spacial score (nSPS) is 10.6. The zero-order valence-electron chi connectivity index (χ0n) is 14.9. The second kappa shape index (κ2) is 7.87. The first-order chi connectivity index (χ1) is 12.5. The van der Waals surface area contributed by atoms with Crippen LogP contribution in [-0.4, -0.2) is 10.6 Å². The third kappa shape index (κ3) is 4.72. The SMILES string of the molecule is Cc1cc(C)cc(NC(=O)NCc2cccn2Cc2ccc(F)cc2)c1. The number of halogens is 1. The zero-order valence-corrected chi connectivity index (χ0v) is 14.9. The van der Waals surface area contributed by atoms with Gasteiger partial charge in [0.15, 0.2) is 0 Å². The number of anilines is 1. The number of carbonyl (C=O) groups excluding carboxylic acids is 1. The molecular formula is C21H22FN3O. The molecule has 2 N–H and O–H groups in total. The van der Waals surface area contributed by atoms with Gasteiger partial charge in [-0.25, -0.2) is 9.18 Å². The van der Waals surface area contributed by atoms with Crippen molar-refractivity contribution >= 4 is 11.7 Å². The second-order valence-electron chi connectivity index (χ2n) is 6.44. The number of urea groups is 1. The predicted octanol–water partition coefficient (Wildman–Crippen LogP) is 4.61. The molecule has 1 aromatic heterocycles. The van der Waals surface area contributed by atoms with Crippen molar-refractivity contribution in [3.63, 3.8) is 0 Å². The van der Waals surface area contributed by atoms with Gasteiger partial charge in [0.25, 0.3) is 0 Å². The summed E-state index contributed by atoms with van der Waals surface area (Å²) in [6, 6.07) is 16.0. The highest BCUT2D eigenvalue weighted by Crippen LogP contribution is 2.14. The third-order valence-electron chi connectivity index (χ3n) is 4.10. The summed E-state index contributed by atoms with van der Waals surface area (Å²) < 4.78 is 15.1. The van der Waals surface area contributed by atoms with Crippen LogP contribution in [-0.2, 0) is 13.1 Å². The average molecular weight is 351 g/mol. The lowest BCUT2D eigenvalue weighted by Crippen LogP contribution is -2.29. The van der Waals surface area contributed by atoms with Crippen LogP contribution in [0.3, 0.4) is 0 Å². The van der Waals surface area contributed by atoms with Crippen molar-refractivity contribution < 1.29 is 9.18 Å². The molecule has 0 aliphatic carbocycles. The molecule has 3 rings (SSSR count). The van der Waals surface area contributed by atoms with Gasteiger partial charge in [-0.3, -0.25) is 0 Å². The van der Waals surface area contributed by atoms with E-state index in [0.717, 1.165) is 28.1 Å². The molecule has 0 spiro atoms. The molecule has 134 valence electrons. The van der Waals surface area contributed by atoms with Crippen molar-refractivity contribution in [2.75, 3.05) is 5.32 Å². The molecule has 0 radical (unpaired) electrons. The molecule has 26 heavy (non-hydrogen) atoms. The zero-order chi connectivity index (χ0) is 18.5. The van der Waals surface area contributed by atoms with E-state index in [4.69, 9.17) is 0 Å². The minimum Gasteiger partial charge on any atom is -0.345 e. The molecule has 2 amide bonds. The molecule has 0 aliphatic rings. The molecule has 0 aliphatic heterocycles. The third-order valence-corrected chi connectivity index (χ3v) is 4.10. The molecule has 0 bridgehead atoms. The smallest absolute Gasteiger partial charge is 0.319 e. The van der Waals surface area contributed by atoms with E-state index in [1.54, 1.807) is 12.1 Å². The van der Waals surface area contributed by atoms with E-state index in [1.165, 1.54) is 12.1 Å². The molecule has 4 nitrogen and oxygen atoms in total. The maximum absolute atomic E-state index is 13.0. The van der Waals surface area contributed by atoms with E-state index < -0.39 is 0 Å². The molecule has 3 aromatic rings. The van der Waals surface area contributed by atoms with E-state index in [1.807, 2.05) is 48.9 Å². The van der Waals surface area contributed by atoms with Crippen LogP contribution in [0.25, 0.3) is 0 Å². The maximum atomic E-state index is 13.0. The van der Waals surface area contributed by atoms with Crippen molar-refractivity contribution in [2.24, 2.45) is 0 Å². The summed E-state index contributed by atoms with van der Waals surface area (Å²) in [6.45, 7) is 5.03. The summed E-state index contributed by atoms with van der Waals surface area (Å²) in [4.78, 5) is 12.2. The lowest BCUT2D eigenvalue weighted by molar-refractivity contribution is 0.251. The first kappa shape index (κ1) is 17.7. The number of benzene rings is 2. The molecule has 0 unspecified atom stereocenters. The van der Waals surface area contributed by atoms with Gasteiger partial charge in [0, 0.05) is 24.1 Å². The number of hydrogen-bond donors (Lipinski definition) is 2. The lowest BCUT2D eigenvalue weighted by atomic mass is 10.1. The number of hydrogen-bond acceptors (Lipinski definition) is 1. The maximum Gasteiger partial charge on any atom is 0.319 e. The van der Waals surface area contributed by atoms with Crippen LogP contribution in [0.15, 0.2) is 60.8 Å². The number of aromatic nitrogens is 1. The average Bonchev–Trinajstić information content (AvgIpc) is 3.01. The fourth-order valence-electron chi connectivity index (χ4n) is 2.94. The molecule has 0 saturated carbocycles. The van der Waals surface area contributed by atoms with Crippen molar-refractivity contribution in [1.82, 2.24) is 9.88 Å². The van der Waals surface area contributed by atoms with E-state index in [-0.39, 0.29) is 11.8 Å². The van der Waals surface area contributed by atoms with Crippen LogP contribution in [0.5, 0.6) is 0 Å². The predicted molar refractivity (Wildman–Crippen MR) is 102 cm³/mol. The van der Waals surface area contributed by atoms with Crippen molar-refractivity contribution in [2.45, 2.75) is 26.9 Å². The van der Waals surface area contributed by atoms with E-state index in [2.05, 4.69) is 16.7 Å². The van der Waals surface area contributed by atoms with Crippen LogP contribution in [0.2, 0.25) is 0 Å². The van der Waals surface area contributed by atoms with Gasteiger partial charge in [0.05, 0.1) is 6.54 Å². The Morgan fingerprint density at radius 3 is 2.42 bits per heavy atom. The Labute approximate surface area is 152 Å². The topological polar surface area (TPSA) is 46.1 Å². The minimum atomic E-state index is -0.246. The van der Waals surface area contributed by atoms with E-state index in [9.17, 15) is 9.18 Å². The number of nitrogens with one attached hydrogen (secondary N) is 2. The first-order valence-electron chi connectivity index (χ1n) is 8.51. The summed E-state index contributed by atoms with van der Waals surface area (Å²) in [5.41, 5.74) is 4.97. The Morgan fingerprint density at radius 2 is 1.73 bits per heavy atom.